The van der Waals surface area contributed by atoms with Gasteiger partial charge in [-0.05, 0) is 63.0 Å². The summed E-state index contributed by atoms with van der Waals surface area (Å²) in [4.78, 5) is 18.7. The van der Waals surface area contributed by atoms with E-state index >= 15 is 0 Å². The molecule has 5 heteroatoms. The summed E-state index contributed by atoms with van der Waals surface area (Å²) in [5.74, 6) is 0.765. The number of carbonyl (C=O) groups excluding carboxylic acids is 1. The molecule has 1 aliphatic rings. The predicted octanol–water partition coefficient (Wildman–Crippen LogP) is 4.78. The van der Waals surface area contributed by atoms with Crippen LogP contribution in [0.3, 0.4) is 0 Å². The summed E-state index contributed by atoms with van der Waals surface area (Å²) >= 11 is 0. The van der Waals surface area contributed by atoms with Crippen LogP contribution in [0.25, 0.3) is 10.9 Å². The maximum absolute atomic E-state index is 12.9. The molecular weight excluding hydrogens is 376 g/mol. The molecule has 0 spiro atoms. The van der Waals surface area contributed by atoms with Crippen molar-refractivity contribution in [2.75, 3.05) is 26.3 Å². The fourth-order valence-corrected chi connectivity index (χ4v) is 4.36. The zero-order valence-corrected chi connectivity index (χ0v) is 17.6. The van der Waals surface area contributed by atoms with Crippen molar-refractivity contribution in [3.63, 3.8) is 0 Å². The number of likely N-dealkylation sites (tertiary alicyclic amines) is 1. The number of nitrogens with zero attached hydrogens (tertiary/aromatic N) is 1. The maximum Gasteiger partial charge on any atom is 0.312 e. The number of nitrogens with one attached hydrogen (secondary N) is 1. The first-order chi connectivity index (χ1) is 14.7. The van der Waals surface area contributed by atoms with Gasteiger partial charge in [0.1, 0.15) is 5.75 Å². The molecule has 0 atom stereocenters. The quantitative estimate of drug-likeness (QED) is 0.547. The van der Waals surface area contributed by atoms with Crippen LogP contribution in [0.4, 0.5) is 0 Å². The van der Waals surface area contributed by atoms with Gasteiger partial charge in [-0.3, -0.25) is 9.69 Å². The summed E-state index contributed by atoms with van der Waals surface area (Å²) in [5.41, 5.74) is 2.02. The molecule has 158 valence electrons. The Hall–Kier alpha value is -2.79. The fraction of sp³-hybridized carbons (Fsp3) is 0.400. The first kappa shape index (κ1) is 20.5. The zero-order valence-electron chi connectivity index (χ0n) is 17.6. The predicted molar refractivity (Wildman–Crippen MR) is 118 cm³/mol. The van der Waals surface area contributed by atoms with Crippen molar-refractivity contribution in [1.82, 2.24) is 9.88 Å². The van der Waals surface area contributed by atoms with Crippen molar-refractivity contribution in [2.45, 2.75) is 32.7 Å². The summed E-state index contributed by atoms with van der Waals surface area (Å²) in [7, 11) is 0. The lowest BCUT2D eigenvalue weighted by Crippen LogP contribution is -2.45. The van der Waals surface area contributed by atoms with Crippen molar-refractivity contribution >= 4 is 16.9 Å². The van der Waals surface area contributed by atoms with E-state index in [-0.39, 0.29) is 5.97 Å². The molecule has 5 nitrogen and oxygen atoms in total. The molecule has 2 heterocycles. The molecule has 0 aliphatic carbocycles. The molecule has 3 aromatic rings. The SMILES string of the molecule is CCOC(=O)C1(CCOc2ccccc2)CCN(Cc2c[nH]c3ccccc23)CC1. The van der Waals surface area contributed by atoms with E-state index in [2.05, 4.69) is 40.3 Å². The number of hydrogen-bond acceptors (Lipinski definition) is 4. The number of aromatic amines is 1. The van der Waals surface area contributed by atoms with E-state index < -0.39 is 5.41 Å². The topological polar surface area (TPSA) is 54.6 Å². The average Bonchev–Trinajstić information content (AvgIpc) is 3.19. The second-order valence-corrected chi connectivity index (χ2v) is 8.05. The smallest absolute Gasteiger partial charge is 0.312 e. The summed E-state index contributed by atoms with van der Waals surface area (Å²) in [6, 6.07) is 18.2. The molecule has 1 fully saturated rings. The Kier molecular flexibility index (Phi) is 6.38. The number of ether oxygens (including phenoxy) is 2. The van der Waals surface area contributed by atoms with Gasteiger partial charge >= 0.3 is 5.97 Å². The molecule has 0 bridgehead atoms. The lowest BCUT2D eigenvalue weighted by Gasteiger charge is -2.39. The van der Waals surface area contributed by atoms with Crippen LogP contribution in [-0.2, 0) is 16.1 Å². The number of fused-ring (bicyclic) bond motifs is 1. The van der Waals surface area contributed by atoms with Crippen LogP contribution in [0.1, 0.15) is 31.7 Å². The Morgan fingerprint density at radius 3 is 2.57 bits per heavy atom. The molecule has 0 radical (unpaired) electrons. The van der Waals surface area contributed by atoms with Crippen molar-refractivity contribution < 1.29 is 14.3 Å². The lowest BCUT2D eigenvalue weighted by molar-refractivity contribution is -0.159. The Labute approximate surface area is 178 Å². The number of esters is 1. The van der Waals surface area contributed by atoms with Gasteiger partial charge in [-0.15, -0.1) is 0 Å². The van der Waals surface area contributed by atoms with Gasteiger partial charge in [-0.1, -0.05) is 36.4 Å². The highest BCUT2D eigenvalue weighted by molar-refractivity contribution is 5.83. The van der Waals surface area contributed by atoms with Crippen LogP contribution in [0.5, 0.6) is 5.75 Å². The largest absolute Gasteiger partial charge is 0.494 e. The molecule has 1 saturated heterocycles. The van der Waals surface area contributed by atoms with Gasteiger partial charge in [0, 0.05) is 23.6 Å². The second-order valence-electron chi connectivity index (χ2n) is 8.05. The molecule has 0 saturated carbocycles. The van der Waals surface area contributed by atoms with Crippen LogP contribution in [0, 0.1) is 5.41 Å². The number of piperidine rings is 1. The van der Waals surface area contributed by atoms with Gasteiger partial charge in [0.15, 0.2) is 0 Å². The summed E-state index contributed by atoms with van der Waals surface area (Å²) in [6.45, 7) is 5.46. The van der Waals surface area contributed by atoms with Gasteiger partial charge in [0.25, 0.3) is 0 Å². The Morgan fingerprint density at radius 1 is 1.07 bits per heavy atom. The van der Waals surface area contributed by atoms with Gasteiger partial charge in [-0.2, -0.15) is 0 Å². The van der Waals surface area contributed by atoms with Crippen LogP contribution >= 0.6 is 0 Å². The Bertz CT molecular complexity index is 959. The molecule has 1 N–H and O–H groups in total. The normalized spacial score (nSPS) is 16.4. The molecule has 30 heavy (non-hydrogen) atoms. The van der Waals surface area contributed by atoms with Crippen molar-refractivity contribution in [3.05, 3.63) is 66.4 Å². The number of aromatic nitrogens is 1. The highest BCUT2D eigenvalue weighted by atomic mass is 16.5. The third-order valence-corrected chi connectivity index (χ3v) is 6.18. The summed E-state index contributed by atoms with van der Waals surface area (Å²) < 4.78 is 11.4. The van der Waals surface area contributed by atoms with E-state index in [0.717, 1.165) is 38.2 Å². The number of para-hydroxylation sites is 2. The monoisotopic (exact) mass is 406 g/mol. The molecule has 4 rings (SSSR count). The lowest BCUT2D eigenvalue weighted by atomic mass is 9.75. The number of hydrogen-bond donors (Lipinski definition) is 1. The maximum atomic E-state index is 12.9. The van der Waals surface area contributed by atoms with Gasteiger partial charge in [0.2, 0.25) is 0 Å². The van der Waals surface area contributed by atoms with Crippen molar-refractivity contribution in [1.29, 1.82) is 0 Å². The molecular formula is C25H30N2O3. The number of H-pyrrole nitrogens is 1. The van der Waals surface area contributed by atoms with E-state index in [9.17, 15) is 4.79 Å². The first-order valence-corrected chi connectivity index (χ1v) is 10.8. The third-order valence-electron chi connectivity index (χ3n) is 6.18. The van der Waals surface area contributed by atoms with Gasteiger partial charge < -0.3 is 14.5 Å². The molecule has 0 unspecified atom stereocenters. The summed E-state index contributed by atoms with van der Waals surface area (Å²) in [6.07, 6.45) is 4.38. The number of carbonyl (C=O) groups is 1. The molecule has 0 amide bonds. The highest BCUT2D eigenvalue weighted by Gasteiger charge is 2.42. The van der Waals surface area contributed by atoms with Crippen LogP contribution < -0.4 is 4.74 Å². The van der Waals surface area contributed by atoms with E-state index in [0.29, 0.717) is 19.6 Å². The average molecular weight is 407 g/mol. The van der Waals surface area contributed by atoms with Gasteiger partial charge in [0.05, 0.1) is 18.6 Å². The first-order valence-electron chi connectivity index (χ1n) is 10.8. The van der Waals surface area contributed by atoms with Crippen LogP contribution in [0.2, 0.25) is 0 Å². The second kappa shape index (κ2) is 9.35. The van der Waals surface area contributed by atoms with E-state index in [4.69, 9.17) is 9.47 Å². The molecule has 2 aromatic carbocycles. The number of benzene rings is 2. The zero-order chi connectivity index (χ0) is 20.8. The fourth-order valence-electron chi connectivity index (χ4n) is 4.36. The van der Waals surface area contributed by atoms with Crippen molar-refractivity contribution in [2.24, 2.45) is 5.41 Å². The Balaban J connectivity index is 1.38. The highest BCUT2D eigenvalue weighted by Crippen LogP contribution is 2.37. The minimum Gasteiger partial charge on any atom is -0.494 e. The molecule has 1 aliphatic heterocycles. The summed E-state index contributed by atoms with van der Waals surface area (Å²) in [5, 5.41) is 1.27. The van der Waals surface area contributed by atoms with E-state index in [1.165, 1.54) is 16.5 Å². The minimum atomic E-state index is -0.457. The van der Waals surface area contributed by atoms with E-state index in [1.807, 2.05) is 37.3 Å². The molecule has 1 aromatic heterocycles. The minimum absolute atomic E-state index is 0.0756. The third kappa shape index (κ3) is 4.51. The standard InChI is InChI=1S/C25H30N2O3/c1-2-29-24(28)25(14-17-30-21-8-4-3-5-9-21)12-15-27(16-13-25)19-20-18-26-23-11-7-6-10-22(20)23/h3-11,18,26H,2,12-17,19H2,1H3. The number of rotatable bonds is 8. The van der Waals surface area contributed by atoms with Gasteiger partial charge in [-0.25, -0.2) is 0 Å². The van der Waals surface area contributed by atoms with Crippen molar-refractivity contribution in [3.8, 4) is 5.75 Å². The Morgan fingerprint density at radius 2 is 1.80 bits per heavy atom. The van der Waals surface area contributed by atoms with Crippen LogP contribution in [-0.4, -0.2) is 42.2 Å². The van der Waals surface area contributed by atoms with E-state index in [1.54, 1.807) is 0 Å². The van der Waals surface area contributed by atoms with Crippen LogP contribution in [0.15, 0.2) is 60.8 Å².